The second kappa shape index (κ2) is 12.7. The molecule has 2 aromatic carbocycles. The zero-order valence-corrected chi connectivity index (χ0v) is 23.8. The van der Waals surface area contributed by atoms with Crippen LogP contribution in [0.3, 0.4) is 0 Å². The Bertz CT molecular complexity index is 1370. The Hall–Kier alpha value is -4.58. The molecule has 0 saturated carbocycles. The number of urea groups is 2. The maximum absolute atomic E-state index is 13.7. The first-order valence-corrected chi connectivity index (χ1v) is 13.4. The molecule has 4 N–H and O–H groups in total. The maximum atomic E-state index is 13.7. The number of aliphatic hydroxyl groups excluding tert-OH is 1. The van der Waals surface area contributed by atoms with Crippen LogP contribution in [0.1, 0.15) is 35.7 Å². The second-order valence-electron chi connectivity index (χ2n) is 10.3. The molecule has 0 aliphatic carbocycles. The summed E-state index contributed by atoms with van der Waals surface area (Å²) in [5, 5.41) is 22.1. The summed E-state index contributed by atoms with van der Waals surface area (Å²) in [4.78, 5) is 42.3. The van der Waals surface area contributed by atoms with Gasteiger partial charge < -0.3 is 40.1 Å². The van der Waals surface area contributed by atoms with Gasteiger partial charge in [0.2, 0.25) is 0 Å². The number of carbonyl (C=O) groups is 3. The fourth-order valence-electron chi connectivity index (χ4n) is 4.55. The summed E-state index contributed by atoms with van der Waals surface area (Å²) in [6.07, 6.45) is -0.490. The standard InChI is InChI=1S/C29H36N6O6/c1-17-14-35(18(2)16-36)27(37)23-13-22(31-28(38)30-21-9-7-6-8-10-21)11-12-24(23)40-25(17)15-34(5)29(39)32-26-19(3)33-41-20(26)4/h6-13,17-18,25,36H,14-16H2,1-5H3,(H,32,39)(H2,30,31,38)/t17-,18-,25-/m0/s1. The second-order valence-corrected chi connectivity index (χ2v) is 10.3. The molecule has 12 heteroatoms. The summed E-state index contributed by atoms with van der Waals surface area (Å²) in [6.45, 7) is 7.43. The minimum absolute atomic E-state index is 0.190. The number of aliphatic hydroxyl groups is 1. The lowest BCUT2D eigenvalue weighted by atomic mass is 9.99. The van der Waals surface area contributed by atoms with E-state index in [1.807, 2.05) is 25.1 Å². The highest BCUT2D eigenvalue weighted by atomic mass is 16.5. The molecule has 12 nitrogen and oxygen atoms in total. The Morgan fingerprint density at radius 3 is 2.49 bits per heavy atom. The number of hydrogen-bond donors (Lipinski definition) is 4. The summed E-state index contributed by atoms with van der Waals surface area (Å²) < 4.78 is 11.5. The van der Waals surface area contributed by atoms with Crippen molar-refractivity contribution in [1.82, 2.24) is 15.0 Å². The molecule has 1 aliphatic heterocycles. The molecule has 218 valence electrons. The van der Waals surface area contributed by atoms with E-state index in [2.05, 4.69) is 21.1 Å². The average molecular weight is 565 g/mol. The fraction of sp³-hybridized carbons (Fsp3) is 0.379. The number of amides is 5. The largest absolute Gasteiger partial charge is 0.487 e. The number of para-hydroxylation sites is 1. The number of hydrogen-bond acceptors (Lipinski definition) is 7. The monoisotopic (exact) mass is 564 g/mol. The van der Waals surface area contributed by atoms with Crippen LogP contribution < -0.4 is 20.7 Å². The number of aromatic nitrogens is 1. The minimum atomic E-state index is -0.490. The van der Waals surface area contributed by atoms with Crippen molar-refractivity contribution in [3.63, 3.8) is 0 Å². The summed E-state index contributed by atoms with van der Waals surface area (Å²) in [5.74, 6) is 0.298. The zero-order valence-electron chi connectivity index (χ0n) is 23.8. The number of anilines is 3. The van der Waals surface area contributed by atoms with Crippen molar-refractivity contribution < 1.29 is 28.8 Å². The summed E-state index contributed by atoms with van der Waals surface area (Å²) in [7, 11) is 1.65. The highest BCUT2D eigenvalue weighted by Gasteiger charge is 2.34. The van der Waals surface area contributed by atoms with Crippen LogP contribution in [-0.2, 0) is 0 Å². The lowest BCUT2D eigenvalue weighted by Crippen LogP contribution is -2.50. The molecular weight excluding hydrogens is 528 g/mol. The molecule has 1 aliphatic rings. The van der Waals surface area contributed by atoms with Crippen molar-refractivity contribution in [3.05, 3.63) is 65.5 Å². The topological polar surface area (TPSA) is 149 Å². The predicted molar refractivity (Wildman–Crippen MR) is 154 cm³/mol. The molecule has 3 aromatic rings. The number of aryl methyl sites for hydroxylation is 2. The van der Waals surface area contributed by atoms with Gasteiger partial charge in [0, 0.05) is 30.9 Å². The summed E-state index contributed by atoms with van der Waals surface area (Å²) in [6, 6.07) is 12.5. The van der Waals surface area contributed by atoms with Gasteiger partial charge >= 0.3 is 12.1 Å². The van der Waals surface area contributed by atoms with Crippen molar-refractivity contribution in [1.29, 1.82) is 0 Å². The van der Waals surface area contributed by atoms with Gasteiger partial charge in [-0.2, -0.15) is 0 Å². The molecule has 5 amide bonds. The average Bonchev–Trinajstić information content (AvgIpc) is 3.27. The number of ether oxygens (including phenoxy) is 1. The van der Waals surface area contributed by atoms with Crippen LogP contribution >= 0.6 is 0 Å². The molecule has 3 atom stereocenters. The van der Waals surface area contributed by atoms with Gasteiger partial charge in [0.1, 0.15) is 23.2 Å². The van der Waals surface area contributed by atoms with E-state index in [-0.39, 0.29) is 43.1 Å². The third-order valence-electron chi connectivity index (χ3n) is 7.02. The maximum Gasteiger partial charge on any atom is 0.323 e. The Morgan fingerprint density at radius 2 is 1.83 bits per heavy atom. The number of fused-ring (bicyclic) bond motifs is 1. The molecule has 0 radical (unpaired) electrons. The van der Waals surface area contributed by atoms with Crippen LogP contribution in [0.25, 0.3) is 0 Å². The molecular formula is C29H36N6O6. The van der Waals surface area contributed by atoms with E-state index in [0.717, 1.165) is 0 Å². The number of carbonyl (C=O) groups excluding carboxylic acids is 3. The van der Waals surface area contributed by atoms with Crippen LogP contribution in [0.5, 0.6) is 5.75 Å². The first kappa shape index (κ1) is 29.4. The first-order valence-electron chi connectivity index (χ1n) is 13.4. The van der Waals surface area contributed by atoms with Crippen LogP contribution in [0.2, 0.25) is 0 Å². The number of nitrogens with one attached hydrogen (secondary N) is 3. The van der Waals surface area contributed by atoms with E-state index < -0.39 is 18.2 Å². The first-order chi connectivity index (χ1) is 19.6. The zero-order chi connectivity index (χ0) is 29.7. The fourth-order valence-corrected chi connectivity index (χ4v) is 4.55. The van der Waals surface area contributed by atoms with Gasteiger partial charge in [-0.05, 0) is 51.1 Å². The normalized spacial score (nSPS) is 17.4. The van der Waals surface area contributed by atoms with Crippen LogP contribution in [0.15, 0.2) is 53.1 Å². The minimum Gasteiger partial charge on any atom is -0.487 e. The van der Waals surface area contributed by atoms with Gasteiger partial charge in [-0.15, -0.1) is 0 Å². The Labute approximate surface area is 238 Å². The quantitative estimate of drug-likeness (QED) is 0.334. The van der Waals surface area contributed by atoms with E-state index in [0.29, 0.717) is 34.3 Å². The smallest absolute Gasteiger partial charge is 0.323 e. The highest BCUT2D eigenvalue weighted by molar-refractivity contribution is 6.02. The van der Waals surface area contributed by atoms with Gasteiger partial charge in [0.05, 0.1) is 24.8 Å². The molecule has 1 aromatic heterocycles. The Balaban J connectivity index is 1.56. The van der Waals surface area contributed by atoms with E-state index in [1.54, 1.807) is 63.1 Å². The number of benzene rings is 2. The van der Waals surface area contributed by atoms with Crippen molar-refractivity contribution in [2.75, 3.05) is 42.7 Å². The van der Waals surface area contributed by atoms with Crippen molar-refractivity contribution >= 4 is 35.0 Å². The molecule has 0 saturated heterocycles. The molecule has 0 bridgehead atoms. The lowest BCUT2D eigenvalue weighted by molar-refractivity contribution is 0.0371. The van der Waals surface area contributed by atoms with Gasteiger partial charge in [0.25, 0.3) is 5.91 Å². The SMILES string of the molecule is Cc1noc(C)c1NC(=O)N(C)C[C@@H]1Oc2ccc(NC(=O)Nc3ccccc3)cc2C(=O)N([C@@H](C)CO)C[C@@H]1C. The van der Waals surface area contributed by atoms with Crippen LogP contribution in [0.4, 0.5) is 26.7 Å². The molecule has 41 heavy (non-hydrogen) atoms. The highest BCUT2D eigenvalue weighted by Crippen LogP contribution is 2.31. The van der Waals surface area contributed by atoms with Gasteiger partial charge in [-0.25, -0.2) is 9.59 Å². The van der Waals surface area contributed by atoms with E-state index >= 15 is 0 Å². The van der Waals surface area contributed by atoms with E-state index in [4.69, 9.17) is 9.26 Å². The molecule has 4 rings (SSSR count). The third kappa shape index (κ3) is 6.95. The number of nitrogens with zero attached hydrogens (tertiary/aromatic N) is 3. The third-order valence-corrected chi connectivity index (χ3v) is 7.02. The summed E-state index contributed by atoms with van der Waals surface area (Å²) in [5.41, 5.74) is 2.35. The van der Waals surface area contributed by atoms with Crippen LogP contribution in [-0.4, -0.2) is 76.9 Å². The van der Waals surface area contributed by atoms with Gasteiger partial charge in [-0.3, -0.25) is 4.79 Å². The van der Waals surface area contributed by atoms with Crippen molar-refractivity contribution in [3.8, 4) is 5.75 Å². The molecule has 0 fully saturated rings. The number of likely N-dealkylation sites (N-methyl/N-ethyl adjacent to an activating group) is 1. The van der Waals surface area contributed by atoms with Crippen molar-refractivity contribution in [2.45, 2.75) is 39.8 Å². The number of rotatable bonds is 7. The van der Waals surface area contributed by atoms with E-state index in [9.17, 15) is 19.5 Å². The Kier molecular flexibility index (Phi) is 9.13. The molecule has 0 unspecified atom stereocenters. The van der Waals surface area contributed by atoms with Gasteiger partial charge in [0.15, 0.2) is 5.76 Å². The predicted octanol–water partition coefficient (Wildman–Crippen LogP) is 4.32. The van der Waals surface area contributed by atoms with E-state index in [1.165, 1.54) is 4.90 Å². The molecule has 0 spiro atoms. The lowest BCUT2D eigenvalue weighted by Gasteiger charge is -2.38. The Morgan fingerprint density at radius 1 is 1.12 bits per heavy atom. The summed E-state index contributed by atoms with van der Waals surface area (Å²) >= 11 is 0. The van der Waals surface area contributed by atoms with Crippen molar-refractivity contribution in [2.24, 2.45) is 5.92 Å². The van der Waals surface area contributed by atoms with Crippen LogP contribution in [0, 0.1) is 19.8 Å². The van der Waals surface area contributed by atoms with Gasteiger partial charge in [-0.1, -0.05) is 30.3 Å². The molecule has 2 heterocycles.